The summed E-state index contributed by atoms with van der Waals surface area (Å²) in [6, 6.07) is 10.5. The van der Waals surface area contributed by atoms with Gasteiger partial charge in [-0.3, -0.25) is 0 Å². The fourth-order valence-corrected chi connectivity index (χ4v) is 1.92. The Balaban J connectivity index is 2.58. The van der Waals surface area contributed by atoms with Crippen molar-refractivity contribution >= 4 is 12.6 Å². The van der Waals surface area contributed by atoms with E-state index in [0.717, 1.165) is 24.4 Å². The molecule has 2 heteroatoms. The van der Waals surface area contributed by atoms with Crippen molar-refractivity contribution in [3.63, 3.8) is 0 Å². The molecule has 0 aromatic heterocycles. The number of nitrogens with one attached hydrogen (secondary N) is 1. The molecule has 1 aromatic carbocycles. The lowest BCUT2D eigenvalue weighted by Gasteiger charge is -2.18. The Morgan fingerprint density at radius 1 is 1.40 bits per heavy atom. The zero-order valence-corrected chi connectivity index (χ0v) is 10.1. The molecule has 1 N–H and O–H groups in total. The average molecular weight is 221 g/mol. The third-order valence-electron chi connectivity index (χ3n) is 2.44. The Hall–Kier alpha value is -0.890. The molecule has 1 aromatic rings. The topological polar surface area (TPSA) is 12.0 Å². The molecule has 1 unspecified atom stereocenters. The van der Waals surface area contributed by atoms with Crippen LogP contribution in [0.4, 0.5) is 0 Å². The largest absolute Gasteiger partial charge is 0.389 e. The van der Waals surface area contributed by atoms with Crippen LogP contribution in [0.5, 0.6) is 0 Å². The highest BCUT2D eigenvalue weighted by Gasteiger charge is 2.10. The zero-order chi connectivity index (χ0) is 11.1. The summed E-state index contributed by atoms with van der Waals surface area (Å²) >= 11 is 4.38. The number of hydrogen-bond donors (Lipinski definition) is 2. The first-order valence-corrected chi connectivity index (χ1v) is 5.98. The summed E-state index contributed by atoms with van der Waals surface area (Å²) in [6.07, 6.45) is 1.01. The first-order chi connectivity index (χ1) is 7.27. The lowest BCUT2D eigenvalue weighted by Crippen LogP contribution is -2.22. The second-order valence-electron chi connectivity index (χ2n) is 3.62. The molecule has 0 spiro atoms. The summed E-state index contributed by atoms with van der Waals surface area (Å²) < 4.78 is 0. The molecule has 0 bridgehead atoms. The van der Waals surface area contributed by atoms with Crippen LogP contribution < -0.4 is 5.32 Å². The van der Waals surface area contributed by atoms with Gasteiger partial charge in [-0.05, 0) is 24.7 Å². The fourth-order valence-electron chi connectivity index (χ4n) is 1.57. The van der Waals surface area contributed by atoms with E-state index >= 15 is 0 Å². The number of thiol groups is 1. The quantitative estimate of drug-likeness (QED) is 0.704. The van der Waals surface area contributed by atoms with Crippen LogP contribution in [0.2, 0.25) is 0 Å². The third-order valence-corrected chi connectivity index (χ3v) is 2.88. The van der Waals surface area contributed by atoms with E-state index in [1.54, 1.807) is 0 Å². The molecule has 15 heavy (non-hydrogen) atoms. The van der Waals surface area contributed by atoms with E-state index in [1.807, 2.05) is 6.07 Å². The Morgan fingerprint density at radius 2 is 2.07 bits per heavy atom. The van der Waals surface area contributed by atoms with Crippen LogP contribution in [0, 0.1) is 5.92 Å². The first kappa shape index (κ1) is 12.2. The highest BCUT2D eigenvalue weighted by atomic mass is 32.1. The highest BCUT2D eigenvalue weighted by molar-refractivity contribution is 7.80. The van der Waals surface area contributed by atoms with Gasteiger partial charge in [0.15, 0.2) is 0 Å². The minimum absolute atomic E-state index is 0.413. The lowest BCUT2D eigenvalue weighted by atomic mass is 9.98. The Morgan fingerprint density at radius 3 is 2.60 bits per heavy atom. The van der Waals surface area contributed by atoms with E-state index in [9.17, 15) is 0 Å². The van der Waals surface area contributed by atoms with Crippen LogP contribution in [-0.4, -0.2) is 12.3 Å². The summed E-state index contributed by atoms with van der Waals surface area (Å²) in [5.41, 5.74) is 2.44. The smallest absolute Gasteiger partial charge is 0.0115 e. The molecule has 82 valence electrons. The minimum Gasteiger partial charge on any atom is -0.389 e. The van der Waals surface area contributed by atoms with Crippen molar-refractivity contribution in [2.75, 3.05) is 12.3 Å². The van der Waals surface area contributed by atoms with Crippen LogP contribution in [0.1, 0.15) is 12.5 Å². The second kappa shape index (κ2) is 6.57. The first-order valence-electron chi connectivity index (χ1n) is 5.35. The average Bonchev–Trinajstić information content (AvgIpc) is 2.27. The Bertz CT molecular complexity index is 295. The monoisotopic (exact) mass is 221 g/mol. The van der Waals surface area contributed by atoms with Gasteiger partial charge in [-0.15, -0.1) is 0 Å². The molecule has 0 heterocycles. The van der Waals surface area contributed by atoms with Gasteiger partial charge >= 0.3 is 0 Å². The molecule has 0 radical (unpaired) electrons. The van der Waals surface area contributed by atoms with E-state index in [2.05, 4.69) is 55.7 Å². The maximum Gasteiger partial charge on any atom is 0.0115 e. The van der Waals surface area contributed by atoms with Gasteiger partial charge in [0.2, 0.25) is 0 Å². The predicted molar refractivity (Wildman–Crippen MR) is 70.3 cm³/mol. The van der Waals surface area contributed by atoms with Crippen LogP contribution in [0.25, 0.3) is 0 Å². The van der Waals surface area contributed by atoms with Gasteiger partial charge in [0.25, 0.3) is 0 Å². The van der Waals surface area contributed by atoms with E-state index in [0.29, 0.717) is 5.92 Å². The molecule has 0 aliphatic rings. The standard InChI is InChI=1S/C13H19NS/c1-3-14-11(2)13(10-15)9-12-7-5-4-6-8-12/h4-8,13-15H,2-3,9-10H2,1H3. The second-order valence-corrected chi connectivity index (χ2v) is 3.99. The Kier molecular flexibility index (Phi) is 5.33. The van der Waals surface area contributed by atoms with Crippen LogP contribution in [-0.2, 0) is 6.42 Å². The summed E-state index contributed by atoms with van der Waals surface area (Å²) in [6.45, 7) is 7.07. The minimum atomic E-state index is 0.413. The van der Waals surface area contributed by atoms with Crippen molar-refractivity contribution in [2.45, 2.75) is 13.3 Å². The molecular formula is C13H19NS. The molecule has 1 atom stereocenters. The van der Waals surface area contributed by atoms with E-state index in [1.165, 1.54) is 5.56 Å². The van der Waals surface area contributed by atoms with Crippen molar-refractivity contribution < 1.29 is 0 Å². The molecule has 0 aliphatic heterocycles. The van der Waals surface area contributed by atoms with Gasteiger partial charge in [0.05, 0.1) is 0 Å². The van der Waals surface area contributed by atoms with Crippen molar-refractivity contribution in [3.8, 4) is 0 Å². The van der Waals surface area contributed by atoms with E-state index < -0.39 is 0 Å². The number of allylic oxidation sites excluding steroid dienone is 1. The van der Waals surface area contributed by atoms with Gasteiger partial charge < -0.3 is 5.32 Å². The maximum atomic E-state index is 4.38. The van der Waals surface area contributed by atoms with Crippen molar-refractivity contribution in [1.29, 1.82) is 0 Å². The van der Waals surface area contributed by atoms with Gasteiger partial charge in [0.1, 0.15) is 0 Å². The van der Waals surface area contributed by atoms with Gasteiger partial charge in [0, 0.05) is 18.2 Å². The number of hydrogen-bond acceptors (Lipinski definition) is 2. The van der Waals surface area contributed by atoms with Gasteiger partial charge in [-0.1, -0.05) is 36.9 Å². The SMILES string of the molecule is C=C(NCC)C(CS)Cc1ccccc1. The fraction of sp³-hybridized carbons (Fsp3) is 0.385. The molecule has 0 saturated carbocycles. The molecule has 0 saturated heterocycles. The molecule has 0 aliphatic carbocycles. The van der Waals surface area contributed by atoms with Gasteiger partial charge in [-0.2, -0.15) is 12.6 Å². The van der Waals surface area contributed by atoms with Gasteiger partial charge in [-0.25, -0.2) is 0 Å². The number of benzene rings is 1. The molecule has 1 rings (SSSR count). The van der Waals surface area contributed by atoms with E-state index in [-0.39, 0.29) is 0 Å². The van der Waals surface area contributed by atoms with Crippen molar-refractivity contribution in [1.82, 2.24) is 5.32 Å². The maximum absolute atomic E-state index is 4.38. The lowest BCUT2D eigenvalue weighted by molar-refractivity contribution is 0.624. The van der Waals surface area contributed by atoms with Crippen molar-refractivity contribution in [2.24, 2.45) is 5.92 Å². The molecule has 1 nitrogen and oxygen atoms in total. The molecule has 0 fully saturated rings. The van der Waals surface area contributed by atoms with Crippen LogP contribution >= 0.6 is 12.6 Å². The molecular weight excluding hydrogens is 202 g/mol. The zero-order valence-electron chi connectivity index (χ0n) is 9.24. The van der Waals surface area contributed by atoms with Crippen LogP contribution in [0.3, 0.4) is 0 Å². The molecule has 0 amide bonds. The number of rotatable bonds is 6. The summed E-state index contributed by atoms with van der Waals surface area (Å²) in [5.74, 6) is 1.25. The summed E-state index contributed by atoms with van der Waals surface area (Å²) in [7, 11) is 0. The summed E-state index contributed by atoms with van der Waals surface area (Å²) in [5, 5.41) is 3.27. The summed E-state index contributed by atoms with van der Waals surface area (Å²) in [4.78, 5) is 0. The normalized spacial score (nSPS) is 12.1. The van der Waals surface area contributed by atoms with E-state index in [4.69, 9.17) is 0 Å². The van der Waals surface area contributed by atoms with Crippen molar-refractivity contribution in [3.05, 3.63) is 48.2 Å². The Labute approximate surface area is 98.0 Å². The van der Waals surface area contributed by atoms with Crippen LogP contribution in [0.15, 0.2) is 42.6 Å². The third kappa shape index (κ3) is 4.00. The predicted octanol–water partition coefficient (Wildman–Crippen LogP) is 2.90. The highest BCUT2D eigenvalue weighted by Crippen LogP contribution is 2.15.